The molecule has 0 fully saturated rings. The number of rotatable bonds is 4. The van der Waals surface area contributed by atoms with E-state index in [0.717, 1.165) is 5.56 Å². The Kier molecular flexibility index (Phi) is 4.76. The molecule has 0 saturated carbocycles. The van der Waals surface area contributed by atoms with Crippen molar-refractivity contribution >= 4 is 51.9 Å². The minimum atomic E-state index is -0.578. The minimum absolute atomic E-state index is 0.160. The van der Waals surface area contributed by atoms with Gasteiger partial charge in [-0.25, -0.2) is 19.7 Å². The Morgan fingerprint density at radius 3 is 2.62 bits per heavy atom. The lowest BCUT2D eigenvalue weighted by Crippen LogP contribution is -2.54. The van der Waals surface area contributed by atoms with Gasteiger partial charge in [0, 0.05) is 11.6 Å². The van der Waals surface area contributed by atoms with Crippen molar-refractivity contribution in [2.45, 2.75) is 26.3 Å². The van der Waals surface area contributed by atoms with Gasteiger partial charge in [-0.15, -0.1) is 0 Å². The first-order chi connectivity index (χ1) is 15.4. The molecule has 8 nitrogen and oxygen atoms in total. The molecule has 3 heterocycles. The topological polar surface area (TPSA) is 99.0 Å². The first-order valence-corrected chi connectivity index (χ1v) is 10.6. The molecule has 0 saturated heterocycles. The number of imidazole rings is 1. The molecule has 5 rings (SSSR count). The maximum absolute atomic E-state index is 13.9. The van der Waals surface area contributed by atoms with E-state index in [1.54, 1.807) is 17.0 Å². The molecule has 0 bridgehead atoms. The van der Waals surface area contributed by atoms with Crippen LogP contribution >= 0.6 is 11.8 Å². The fourth-order valence-corrected chi connectivity index (χ4v) is 4.38. The summed E-state index contributed by atoms with van der Waals surface area (Å²) in [7, 11) is 0. The number of nitrogen functional groups attached to an aromatic ring is 1. The zero-order chi connectivity index (χ0) is 22.5. The molecule has 1 amide bonds. The Morgan fingerprint density at radius 1 is 1.06 bits per heavy atom. The lowest BCUT2D eigenvalue weighted by Gasteiger charge is -2.32. The van der Waals surface area contributed by atoms with Crippen LogP contribution in [0.15, 0.2) is 66.2 Å². The molecule has 0 aliphatic carbocycles. The summed E-state index contributed by atoms with van der Waals surface area (Å²) < 4.78 is 1.20. The van der Waals surface area contributed by atoms with Gasteiger partial charge in [-0.2, -0.15) is 4.99 Å². The van der Waals surface area contributed by atoms with E-state index in [9.17, 15) is 4.79 Å². The summed E-state index contributed by atoms with van der Waals surface area (Å²) in [6.07, 6.45) is 2.99. The van der Waals surface area contributed by atoms with E-state index in [1.807, 2.05) is 42.5 Å². The Morgan fingerprint density at radius 2 is 1.81 bits per heavy atom. The number of aromatic nitrogens is 4. The summed E-state index contributed by atoms with van der Waals surface area (Å²) in [5.74, 6) is 0.643. The fourth-order valence-electron chi connectivity index (χ4n) is 4.05. The van der Waals surface area contributed by atoms with E-state index in [1.165, 1.54) is 6.33 Å². The van der Waals surface area contributed by atoms with Crippen molar-refractivity contribution in [3.8, 4) is 0 Å². The Labute approximate surface area is 189 Å². The number of carbonyl (C=O) groups is 1. The number of quaternary nitrogens is 1. The first-order valence-electron chi connectivity index (χ1n) is 10.2. The van der Waals surface area contributed by atoms with Crippen LogP contribution < -0.4 is 9.74 Å². The molecule has 2 aromatic heterocycles. The summed E-state index contributed by atoms with van der Waals surface area (Å²) in [4.78, 5) is 31.3. The van der Waals surface area contributed by atoms with Crippen LogP contribution in [0.4, 0.5) is 17.2 Å². The first kappa shape index (κ1) is 20.3. The van der Waals surface area contributed by atoms with E-state index < -0.39 is 4.00 Å². The van der Waals surface area contributed by atoms with Crippen molar-refractivity contribution in [3.63, 3.8) is 0 Å². The van der Waals surface area contributed by atoms with Crippen molar-refractivity contribution in [1.29, 1.82) is 0 Å². The summed E-state index contributed by atoms with van der Waals surface area (Å²) in [5, 5.41) is 0. The number of hydrogen-bond acceptors (Lipinski definition) is 6. The van der Waals surface area contributed by atoms with Crippen molar-refractivity contribution in [1.82, 2.24) is 23.5 Å². The van der Waals surface area contributed by atoms with Crippen molar-refractivity contribution in [2.75, 3.05) is 5.73 Å². The van der Waals surface area contributed by atoms with E-state index in [2.05, 4.69) is 28.8 Å². The molecular weight excluding hydrogens is 426 g/mol. The SMILES string of the molecule is CC(C)c1ccccc1[N+]1(Cl)C(=O)c2ccccc2N=C1Cn1cnc2c(N)ncnc21. The number of fused-ring (bicyclic) bond motifs is 2. The molecule has 2 aromatic carbocycles. The summed E-state index contributed by atoms with van der Waals surface area (Å²) in [6.45, 7) is 4.34. The second kappa shape index (κ2) is 7.51. The van der Waals surface area contributed by atoms with Crippen LogP contribution in [-0.2, 0) is 6.54 Å². The maximum atomic E-state index is 13.9. The average molecular weight is 447 g/mol. The third-order valence-corrected chi connectivity index (χ3v) is 6.18. The van der Waals surface area contributed by atoms with Crippen LogP contribution in [0.2, 0.25) is 0 Å². The van der Waals surface area contributed by atoms with Gasteiger partial charge in [-0.3, -0.25) is 0 Å². The van der Waals surface area contributed by atoms with Gasteiger partial charge in [-0.05, 0) is 18.1 Å². The van der Waals surface area contributed by atoms with Gasteiger partial charge in [0.15, 0.2) is 28.9 Å². The highest BCUT2D eigenvalue weighted by molar-refractivity contribution is 6.46. The summed E-state index contributed by atoms with van der Waals surface area (Å²) in [6, 6.07) is 14.9. The molecule has 32 heavy (non-hydrogen) atoms. The number of amidine groups is 1. The molecule has 1 aliphatic rings. The molecule has 4 aromatic rings. The number of para-hydroxylation sites is 2. The lowest BCUT2D eigenvalue weighted by molar-refractivity contribution is 0.0911. The number of carbonyl (C=O) groups excluding carboxylic acids is 1. The normalized spacial score (nSPS) is 18.1. The van der Waals surface area contributed by atoms with Gasteiger partial charge in [0.1, 0.15) is 24.0 Å². The number of aliphatic imine (C=N–C) groups is 1. The van der Waals surface area contributed by atoms with E-state index in [0.29, 0.717) is 33.9 Å². The van der Waals surface area contributed by atoms with Crippen LogP contribution in [0.25, 0.3) is 11.2 Å². The maximum Gasteiger partial charge on any atom is 0.377 e. The number of halogens is 1. The zero-order valence-corrected chi connectivity index (χ0v) is 18.4. The monoisotopic (exact) mass is 446 g/mol. The quantitative estimate of drug-likeness (QED) is 0.462. The average Bonchev–Trinajstić information content (AvgIpc) is 3.21. The molecule has 9 heteroatoms. The van der Waals surface area contributed by atoms with Crippen molar-refractivity contribution in [2.24, 2.45) is 4.99 Å². The number of amides is 1. The predicted molar refractivity (Wildman–Crippen MR) is 126 cm³/mol. The fraction of sp³-hybridized carbons (Fsp3) is 0.174. The molecule has 1 unspecified atom stereocenters. The van der Waals surface area contributed by atoms with Crippen molar-refractivity contribution < 1.29 is 4.79 Å². The highest BCUT2D eigenvalue weighted by atomic mass is 35.5. The smallest absolute Gasteiger partial charge is 0.377 e. The lowest BCUT2D eigenvalue weighted by atomic mass is 9.99. The number of nitrogens with zero attached hydrogens (tertiary/aromatic N) is 6. The zero-order valence-electron chi connectivity index (χ0n) is 17.6. The standard InChI is InChI=1S/C23H21ClN7O/c1-14(2)15-7-4-6-10-18(15)31(24)19(29-17-9-5-3-8-16(17)23(31)32)11-30-13-28-20-21(25)26-12-27-22(20)30/h3-10,12-14H,11H2,1-2H3,(H2,25,26,27)/q+1. The molecule has 0 radical (unpaired) electrons. The van der Waals surface area contributed by atoms with Gasteiger partial charge in [0.25, 0.3) is 5.84 Å². The Bertz CT molecular complexity index is 1390. The number of benzene rings is 2. The third kappa shape index (κ3) is 2.99. The summed E-state index contributed by atoms with van der Waals surface area (Å²) in [5.41, 5.74) is 9.71. The van der Waals surface area contributed by atoms with Crippen molar-refractivity contribution in [3.05, 3.63) is 72.3 Å². The molecular formula is C23H21ClN7O+. The third-order valence-electron chi connectivity index (χ3n) is 5.65. The van der Waals surface area contributed by atoms with Crippen LogP contribution in [0.1, 0.15) is 35.7 Å². The predicted octanol–water partition coefficient (Wildman–Crippen LogP) is 4.58. The van der Waals surface area contributed by atoms with Gasteiger partial charge < -0.3 is 10.3 Å². The van der Waals surface area contributed by atoms with Crippen LogP contribution in [0.3, 0.4) is 0 Å². The second-order valence-electron chi connectivity index (χ2n) is 7.96. The van der Waals surface area contributed by atoms with Gasteiger partial charge in [0.05, 0.1) is 12.0 Å². The molecule has 1 aliphatic heterocycles. The highest BCUT2D eigenvalue weighted by Crippen LogP contribution is 2.42. The molecule has 2 N–H and O–H groups in total. The summed E-state index contributed by atoms with van der Waals surface area (Å²) >= 11 is 7.26. The van der Waals surface area contributed by atoms with Crippen LogP contribution in [-0.4, -0.2) is 31.3 Å². The van der Waals surface area contributed by atoms with Gasteiger partial charge in [-0.1, -0.05) is 48.2 Å². The highest BCUT2D eigenvalue weighted by Gasteiger charge is 2.50. The molecule has 1 atom stereocenters. The minimum Gasteiger partial charge on any atom is -0.382 e. The Balaban J connectivity index is 1.73. The van der Waals surface area contributed by atoms with Gasteiger partial charge >= 0.3 is 5.91 Å². The molecule has 160 valence electrons. The number of nitrogens with two attached hydrogens (primary N) is 1. The van der Waals surface area contributed by atoms with Crippen LogP contribution in [0, 0.1) is 0 Å². The second-order valence-corrected chi connectivity index (χ2v) is 8.46. The van der Waals surface area contributed by atoms with Crippen LogP contribution in [0.5, 0.6) is 0 Å². The molecule has 0 spiro atoms. The van der Waals surface area contributed by atoms with E-state index >= 15 is 0 Å². The van der Waals surface area contributed by atoms with Gasteiger partial charge in [0.2, 0.25) is 0 Å². The largest absolute Gasteiger partial charge is 0.382 e. The number of hydrogen-bond donors (Lipinski definition) is 1. The Hall–Kier alpha value is -3.62. The van der Waals surface area contributed by atoms with E-state index in [4.69, 9.17) is 22.5 Å². The van der Waals surface area contributed by atoms with E-state index in [-0.39, 0.29) is 24.2 Å². The number of anilines is 1.